The fourth-order valence-electron chi connectivity index (χ4n) is 2.66. The molecule has 0 spiro atoms. The number of nitrogens with zero attached hydrogens (tertiary/aromatic N) is 4. The van der Waals surface area contributed by atoms with Crippen molar-refractivity contribution >= 4 is 33.3 Å². The molecular weight excluding hydrogens is 352 g/mol. The van der Waals surface area contributed by atoms with E-state index in [4.69, 9.17) is 4.52 Å². The van der Waals surface area contributed by atoms with Gasteiger partial charge in [0.25, 0.3) is 0 Å². The summed E-state index contributed by atoms with van der Waals surface area (Å²) in [6.07, 6.45) is 3.29. The van der Waals surface area contributed by atoms with Gasteiger partial charge < -0.3 is 14.8 Å². The van der Waals surface area contributed by atoms with Crippen LogP contribution in [0.3, 0.4) is 0 Å². The number of carbonyl (C=O) groups is 1. The lowest BCUT2D eigenvalue weighted by Gasteiger charge is -1.98. The van der Waals surface area contributed by atoms with Gasteiger partial charge in [-0.15, -0.1) is 10.2 Å². The van der Waals surface area contributed by atoms with E-state index in [0.717, 1.165) is 16.1 Å². The lowest BCUT2D eigenvalue weighted by atomic mass is 10.1. The number of aromatic nitrogens is 5. The minimum Gasteiger partial charge on any atom is -0.361 e. The Hall–Kier alpha value is -3.07. The summed E-state index contributed by atoms with van der Waals surface area (Å²) < 4.78 is 4.99. The van der Waals surface area contributed by atoms with Gasteiger partial charge in [-0.1, -0.05) is 34.7 Å². The van der Waals surface area contributed by atoms with Crippen molar-refractivity contribution in [1.29, 1.82) is 0 Å². The molecule has 0 aliphatic carbocycles. The molecule has 132 valence electrons. The molecule has 0 saturated carbocycles. The molecule has 8 nitrogen and oxygen atoms in total. The first-order valence-corrected chi connectivity index (χ1v) is 8.95. The molecule has 0 aliphatic heterocycles. The molecule has 0 saturated heterocycles. The number of anilines is 1. The third kappa shape index (κ3) is 3.62. The fraction of sp³-hybridized carbons (Fsp3) is 0.235. The number of fused-ring (bicyclic) bond motifs is 1. The van der Waals surface area contributed by atoms with E-state index in [1.54, 1.807) is 6.92 Å². The number of nitrogens with one attached hydrogen (secondary N) is 2. The second kappa shape index (κ2) is 7.04. The molecule has 3 heterocycles. The Kier molecular flexibility index (Phi) is 4.44. The molecule has 26 heavy (non-hydrogen) atoms. The Morgan fingerprint density at radius 2 is 2.19 bits per heavy atom. The summed E-state index contributed by atoms with van der Waals surface area (Å²) in [5, 5.41) is 17.2. The van der Waals surface area contributed by atoms with Gasteiger partial charge in [0.05, 0.1) is 0 Å². The van der Waals surface area contributed by atoms with Gasteiger partial charge in [-0.2, -0.15) is 4.98 Å². The molecule has 1 aromatic carbocycles. The maximum atomic E-state index is 12.0. The monoisotopic (exact) mass is 368 g/mol. The molecule has 3 aromatic heterocycles. The highest BCUT2D eigenvalue weighted by Gasteiger charge is 2.12. The van der Waals surface area contributed by atoms with Crippen LogP contribution in [0.4, 0.5) is 5.13 Å². The van der Waals surface area contributed by atoms with Crippen LogP contribution in [0, 0.1) is 6.92 Å². The number of rotatable bonds is 6. The van der Waals surface area contributed by atoms with Crippen molar-refractivity contribution in [1.82, 2.24) is 25.3 Å². The molecule has 1 amide bonds. The predicted molar refractivity (Wildman–Crippen MR) is 97.0 cm³/mol. The highest BCUT2D eigenvalue weighted by molar-refractivity contribution is 7.15. The summed E-state index contributed by atoms with van der Waals surface area (Å²) in [7, 11) is 0. The zero-order valence-corrected chi connectivity index (χ0v) is 14.8. The average molecular weight is 368 g/mol. The van der Waals surface area contributed by atoms with Gasteiger partial charge in [-0.3, -0.25) is 4.79 Å². The second-order valence-electron chi connectivity index (χ2n) is 5.82. The maximum absolute atomic E-state index is 12.0. The van der Waals surface area contributed by atoms with Crippen LogP contribution in [0.1, 0.15) is 28.7 Å². The van der Waals surface area contributed by atoms with Gasteiger partial charge in [0.15, 0.2) is 5.82 Å². The molecule has 4 rings (SSSR count). The number of carbonyl (C=O) groups excluding carboxylic acids is 1. The van der Waals surface area contributed by atoms with Gasteiger partial charge in [-0.05, 0) is 18.6 Å². The number of aryl methyl sites for hydroxylation is 2. The first-order chi connectivity index (χ1) is 12.7. The van der Waals surface area contributed by atoms with Gasteiger partial charge in [0, 0.05) is 36.4 Å². The molecule has 2 N–H and O–H groups in total. The van der Waals surface area contributed by atoms with Crippen molar-refractivity contribution in [3.8, 4) is 0 Å². The minimum absolute atomic E-state index is 0.157. The molecule has 0 aliphatic rings. The Morgan fingerprint density at radius 3 is 3.04 bits per heavy atom. The number of para-hydroxylation sites is 1. The Bertz CT molecular complexity index is 1050. The Morgan fingerprint density at radius 1 is 1.31 bits per heavy atom. The molecule has 0 unspecified atom stereocenters. The largest absolute Gasteiger partial charge is 0.361 e. The first-order valence-electron chi connectivity index (χ1n) is 8.14. The predicted octanol–water partition coefficient (Wildman–Crippen LogP) is 2.87. The minimum atomic E-state index is -0.157. The lowest BCUT2D eigenvalue weighted by molar-refractivity contribution is -0.116. The Labute approximate surface area is 152 Å². The van der Waals surface area contributed by atoms with Crippen LogP contribution in [-0.4, -0.2) is 31.2 Å². The van der Waals surface area contributed by atoms with Crippen molar-refractivity contribution in [2.45, 2.75) is 26.2 Å². The first kappa shape index (κ1) is 16.4. The molecule has 4 aromatic rings. The topological polar surface area (TPSA) is 110 Å². The quantitative estimate of drug-likeness (QED) is 0.541. The lowest BCUT2D eigenvalue weighted by Crippen LogP contribution is -2.12. The van der Waals surface area contributed by atoms with Crippen molar-refractivity contribution in [2.75, 3.05) is 5.32 Å². The van der Waals surface area contributed by atoms with Crippen LogP contribution in [0.25, 0.3) is 10.9 Å². The highest BCUT2D eigenvalue weighted by atomic mass is 32.1. The van der Waals surface area contributed by atoms with E-state index in [2.05, 4.69) is 36.7 Å². The fourth-order valence-corrected chi connectivity index (χ4v) is 3.44. The van der Waals surface area contributed by atoms with Crippen LogP contribution in [0.15, 0.2) is 35.0 Å². The van der Waals surface area contributed by atoms with Crippen molar-refractivity contribution in [3.63, 3.8) is 0 Å². The van der Waals surface area contributed by atoms with Gasteiger partial charge >= 0.3 is 0 Å². The van der Waals surface area contributed by atoms with E-state index < -0.39 is 0 Å². The summed E-state index contributed by atoms with van der Waals surface area (Å²) in [5.41, 5.74) is 2.25. The van der Waals surface area contributed by atoms with Crippen LogP contribution in [0.2, 0.25) is 0 Å². The van der Waals surface area contributed by atoms with Crippen molar-refractivity contribution < 1.29 is 9.32 Å². The Balaban J connectivity index is 1.36. The SMILES string of the molecule is Cc1noc(CCC(=O)Nc2nnc(Cc3c[nH]c4ccccc34)s2)n1. The second-order valence-corrected chi connectivity index (χ2v) is 6.88. The van der Waals surface area contributed by atoms with Gasteiger partial charge in [-0.25, -0.2) is 0 Å². The molecule has 9 heteroatoms. The van der Waals surface area contributed by atoms with Crippen LogP contribution >= 0.6 is 11.3 Å². The molecule has 0 fully saturated rings. The summed E-state index contributed by atoms with van der Waals surface area (Å²) in [6.45, 7) is 1.74. The third-order valence-electron chi connectivity index (χ3n) is 3.87. The summed E-state index contributed by atoms with van der Waals surface area (Å²) in [4.78, 5) is 19.3. The van der Waals surface area contributed by atoms with Crippen LogP contribution in [0.5, 0.6) is 0 Å². The molecular formula is C17H16N6O2S. The summed E-state index contributed by atoms with van der Waals surface area (Å²) in [5.74, 6) is 0.858. The zero-order chi connectivity index (χ0) is 17.9. The summed E-state index contributed by atoms with van der Waals surface area (Å²) in [6, 6.07) is 8.12. The standard InChI is InChI=1S/C17H16N6O2S/c1-10-19-15(25-23-10)7-6-14(24)20-17-22-21-16(26-17)8-11-9-18-13-5-3-2-4-12(11)13/h2-5,9,18H,6-8H2,1H3,(H,20,22,24). The van der Waals surface area contributed by atoms with Crippen molar-refractivity contribution in [2.24, 2.45) is 0 Å². The van der Waals surface area contributed by atoms with E-state index in [1.165, 1.54) is 16.7 Å². The zero-order valence-electron chi connectivity index (χ0n) is 14.0. The number of hydrogen-bond acceptors (Lipinski definition) is 7. The number of hydrogen-bond donors (Lipinski definition) is 2. The van der Waals surface area contributed by atoms with Gasteiger partial charge in [0.2, 0.25) is 16.9 Å². The molecule has 0 radical (unpaired) electrons. The van der Waals surface area contributed by atoms with E-state index in [9.17, 15) is 4.79 Å². The average Bonchev–Trinajstić information content (AvgIpc) is 3.35. The van der Waals surface area contributed by atoms with Gasteiger partial charge in [0.1, 0.15) is 5.01 Å². The highest BCUT2D eigenvalue weighted by Crippen LogP contribution is 2.23. The number of amides is 1. The van der Waals surface area contributed by atoms with E-state index >= 15 is 0 Å². The van der Waals surface area contributed by atoms with E-state index in [1.807, 2.05) is 24.4 Å². The van der Waals surface area contributed by atoms with E-state index in [0.29, 0.717) is 29.7 Å². The number of benzene rings is 1. The normalized spacial score (nSPS) is 11.1. The third-order valence-corrected chi connectivity index (χ3v) is 4.70. The molecule has 0 bridgehead atoms. The number of aromatic amines is 1. The van der Waals surface area contributed by atoms with Crippen molar-refractivity contribution in [3.05, 3.63) is 52.7 Å². The summed E-state index contributed by atoms with van der Waals surface area (Å²) >= 11 is 1.37. The number of H-pyrrole nitrogens is 1. The maximum Gasteiger partial charge on any atom is 0.227 e. The van der Waals surface area contributed by atoms with E-state index in [-0.39, 0.29) is 12.3 Å². The van der Waals surface area contributed by atoms with Crippen LogP contribution < -0.4 is 5.32 Å². The van der Waals surface area contributed by atoms with Crippen LogP contribution in [-0.2, 0) is 17.6 Å². The molecule has 0 atom stereocenters. The smallest absolute Gasteiger partial charge is 0.227 e.